The standard InChI is InChI=1S/C13H10O2S/c1-16-13-11(14)10-7-6-8-4-2-3-5-9(8)12(10)15-13/h2-7,13H,1H3. The molecule has 16 heavy (non-hydrogen) atoms. The van der Waals surface area contributed by atoms with E-state index in [1.807, 2.05) is 42.7 Å². The van der Waals surface area contributed by atoms with Crippen LogP contribution >= 0.6 is 11.8 Å². The van der Waals surface area contributed by atoms with Crippen LogP contribution in [0.1, 0.15) is 10.4 Å². The minimum atomic E-state index is -0.374. The van der Waals surface area contributed by atoms with Gasteiger partial charge in [0.15, 0.2) is 0 Å². The molecule has 3 rings (SSSR count). The van der Waals surface area contributed by atoms with E-state index < -0.39 is 0 Å². The highest BCUT2D eigenvalue weighted by Gasteiger charge is 2.32. The van der Waals surface area contributed by atoms with Gasteiger partial charge in [-0.05, 0) is 17.7 Å². The lowest BCUT2D eigenvalue weighted by atomic mass is 10.0. The summed E-state index contributed by atoms with van der Waals surface area (Å²) < 4.78 is 5.70. The predicted octanol–water partition coefficient (Wildman–Crippen LogP) is 3.10. The lowest BCUT2D eigenvalue weighted by Gasteiger charge is -2.06. The molecule has 1 aliphatic heterocycles. The van der Waals surface area contributed by atoms with Crippen LogP contribution in [0, 0.1) is 0 Å². The van der Waals surface area contributed by atoms with Crippen molar-refractivity contribution in [3.63, 3.8) is 0 Å². The average molecular weight is 230 g/mol. The van der Waals surface area contributed by atoms with Crippen LogP contribution in [0.4, 0.5) is 0 Å². The van der Waals surface area contributed by atoms with E-state index in [2.05, 4.69) is 0 Å². The Hall–Kier alpha value is -1.48. The Bertz CT molecular complexity index is 577. The Morgan fingerprint density at radius 1 is 1.19 bits per heavy atom. The maximum absolute atomic E-state index is 11.9. The highest BCUT2D eigenvalue weighted by molar-refractivity contribution is 7.99. The molecule has 0 aliphatic carbocycles. The zero-order chi connectivity index (χ0) is 11.1. The summed E-state index contributed by atoms with van der Waals surface area (Å²) in [6.45, 7) is 0. The van der Waals surface area contributed by atoms with Gasteiger partial charge < -0.3 is 4.74 Å². The van der Waals surface area contributed by atoms with Crippen molar-refractivity contribution < 1.29 is 9.53 Å². The molecule has 0 N–H and O–H groups in total. The molecule has 0 bridgehead atoms. The smallest absolute Gasteiger partial charge is 0.217 e. The van der Waals surface area contributed by atoms with Crippen LogP contribution in [0.2, 0.25) is 0 Å². The molecule has 1 unspecified atom stereocenters. The molecule has 0 aromatic heterocycles. The molecular weight excluding hydrogens is 220 g/mol. The topological polar surface area (TPSA) is 26.3 Å². The van der Waals surface area contributed by atoms with Crippen LogP contribution in [0.25, 0.3) is 10.8 Å². The third-order valence-electron chi connectivity index (χ3n) is 2.80. The number of benzene rings is 2. The molecule has 80 valence electrons. The summed E-state index contributed by atoms with van der Waals surface area (Å²) in [7, 11) is 0. The van der Waals surface area contributed by atoms with E-state index >= 15 is 0 Å². The largest absolute Gasteiger partial charge is 0.470 e. The van der Waals surface area contributed by atoms with Crippen molar-refractivity contribution in [2.75, 3.05) is 6.26 Å². The molecule has 1 aliphatic rings. The molecule has 0 saturated heterocycles. The minimum Gasteiger partial charge on any atom is -0.470 e. The van der Waals surface area contributed by atoms with Gasteiger partial charge in [-0.2, -0.15) is 0 Å². The Kier molecular flexibility index (Phi) is 2.14. The lowest BCUT2D eigenvalue weighted by Crippen LogP contribution is -2.14. The summed E-state index contributed by atoms with van der Waals surface area (Å²) in [5.74, 6) is 0.815. The van der Waals surface area contributed by atoms with Crippen LogP contribution in [-0.2, 0) is 0 Å². The van der Waals surface area contributed by atoms with Crippen molar-refractivity contribution in [2.45, 2.75) is 5.44 Å². The van der Waals surface area contributed by atoms with Gasteiger partial charge in [-0.1, -0.05) is 30.3 Å². The number of carbonyl (C=O) groups is 1. The number of rotatable bonds is 1. The third kappa shape index (κ3) is 1.25. The molecule has 0 spiro atoms. The predicted molar refractivity (Wildman–Crippen MR) is 66.2 cm³/mol. The molecule has 3 heteroatoms. The fraction of sp³-hybridized carbons (Fsp3) is 0.154. The van der Waals surface area contributed by atoms with Gasteiger partial charge in [0.05, 0.1) is 5.56 Å². The van der Waals surface area contributed by atoms with Gasteiger partial charge in [0, 0.05) is 5.39 Å². The van der Waals surface area contributed by atoms with Gasteiger partial charge in [0.2, 0.25) is 11.2 Å². The first-order valence-electron chi connectivity index (χ1n) is 5.06. The maximum Gasteiger partial charge on any atom is 0.217 e. The zero-order valence-electron chi connectivity index (χ0n) is 8.77. The first-order chi connectivity index (χ1) is 7.81. The summed E-state index contributed by atoms with van der Waals surface area (Å²) >= 11 is 1.43. The summed E-state index contributed by atoms with van der Waals surface area (Å²) in [6.07, 6.45) is 1.89. The van der Waals surface area contributed by atoms with E-state index in [0.717, 1.165) is 16.5 Å². The van der Waals surface area contributed by atoms with E-state index in [0.29, 0.717) is 5.56 Å². The Balaban J connectivity index is 2.27. The second-order valence-corrected chi connectivity index (χ2v) is 4.61. The van der Waals surface area contributed by atoms with Crippen LogP contribution in [0.15, 0.2) is 36.4 Å². The number of hydrogen-bond acceptors (Lipinski definition) is 3. The molecule has 0 radical (unpaired) electrons. The van der Waals surface area contributed by atoms with Crippen LogP contribution in [-0.4, -0.2) is 17.5 Å². The van der Waals surface area contributed by atoms with Crippen LogP contribution in [0.3, 0.4) is 0 Å². The molecule has 2 nitrogen and oxygen atoms in total. The second-order valence-electron chi connectivity index (χ2n) is 3.71. The van der Waals surface area contributed by atoms with Crippen molar-refractivity contribution in [2.24, 2.45) is 0 Å². The lowest BCUT2D eigenvalue weighted by molar-refractivity contribution is 0.0938. The first kappa shape index (κ1) is 9.73. The number of thioether (sulfide) groups is 1. The molecular formula is C13H10O2S. The summed E-state index contributed by atoms with van der Waals surface area (Å²) in [6, 6.07) is 11.8. The summed E-state index contributed by atoms with van der Waals surface area (Å²) in [4.78, 5) is 11.9. The van der Waals surface area contributed by atoms with Gasteiger partial charge in [-0.3, -0.25) is 4.79 Å². The maximum atomic E-state index is 11.9. The van der Waals surface area contributed by atoms with Crippen molar-refractivity contribution in [1.29, 1.82) is 0 Å². The average Bonchev–Trinajstić information content (AvgIpc) is 2.67. The highest BCUT2D eigenvalue weighted by Crippen LogP contribution is 2.38. The Labute approximate surface area is 97.6 Å². The van der Waals surface area contributed by atoms with E-state index in [1.54, 1.807) is 0 Å². The van der Waals surface area contributed by atoms with Crippen LogP contribution in [0.5, 0.6) is 5.75 Å². The minimum absolute atomic E-state index is 0.0771. The molecule has 1 atom stereocenters. The SMILES string of the molecule is CSC1Oc2c(ccc3ccccc23)C1=O. The van der Waals surface area contributed by atoms with E-state index in [4.69, 9.17) is 4.74 Å². The van der Waals surface area contributed by atoms with E-state index in [-0.39, 0.29) is 11.2 Å². The molecule has 0 saturated carbocycles. The summed E-state index contributed by atoms with van der Waals surface area (Å²) in [5.41, 5.74) is 0.332. The number of ether oxygens (including phenoxy) is 1. The fourth-order valence-electron chi connectivity index (χ4n) is 2.01. The fourth-order valence-corrected chi connectivity index (χ4v) is 2.54. The molecule has 2 aromatic rings. The number of ketones is 1. The van der Waals surface area contributed by atoms with Gasteiger partial charge in [-0.15, -0.1) is 11.8 Å². The molecule has 0 fully saturated rings. The number of carbonyl (C=O) groups excluding carboxylic acids is 1. The van der Waals surface area contributed by atoms with Gasteiger partial charge in [0.1, 0.15) is 5.75 Å². The Morgan fingerprint density at radius 3 is 2.81 bits per heavy atom. The molecule has 2 aromatic carbocycles. The number of Topliss-reactive ketones (excluding diaryl/α,β-unsaturated/α-hetero) is 1. The van der Waals surface area contributed by atoms with Gasteiger partial charge >= 0.3 is 0 Å². The highest BCUT2D eigenvalue weighted by atomic mass is 32.2. The van der Waals surface area contributed by atoms with Crippen molar-refractivity contribution in [3.8, 4) is 5.75 Å². The Morgan fingerprint density at radius 2 is 2.00 bits per heavy atom. The second kappa shape index (κ2) is 3.52. The van der Waals surface area contributed by atoms with E-state index in [9.17, 15) is 4.79 Å². The van der Waals surface area contributed by atoms with Gasteiger partial charge in [-0.25, -0.2) is 0 Å². The van der Waals surface area contributed by atoms with Gasteiger partial charge in [0.25, 0.3) is 0 Å². The monoisotopic (exact) mass is 230 g/mol. The van der Waals surface area contributed by atoms with Crippen LogP contribution < -0.4 is 4.74 Å². The quantitative estimate of drug-likeness (QED) is 0.753. The molecule has 1 heterocycles. The number of hydrogen-bond donors (Lipinski definition) is 0. The zero-order valence-corrected chi connectivity index (χ0v) is 9.58. The van der Waals surface area contributed by atoms with E-state index in [1.165, 1.54) is 11.8 Å². The first-order valence-corrected chi connectivity index (χ1v) is 6.35. The van der Waals surface area contributed by atoms with Crippen molar-refractivity contribution in [3.05, 3.63) is 42.0 Å². The third-order valence-corrected chi connectivity index (χ3v) is 3.54. The molecule has 0 amide bonds. The number of fused-ring (bicyclic) bond motifs is 3. The van der Waals surface area contributed by atoms with Crippen molar-refractivity contribution in [1.82, 2.24) is 0 Å². The van der Waals surface area contributed by atoms with Crippen molar-refractivity contribution >= 4 is 28.3 Å². The normalized spacial score (nSPS) is 18.6. The summed E-state index contributed by atoms with van der Waals surface area (Å²) in [5, 5.41) is 2.13.